The van der Waals surface area contributed by atoms with Gasteiger partial charge in [-0.25, -0.2) is 0 Å². The summed E-state index contributed by atoms with van der Waals surface area (Å²) in [5.74, 6) is 0.606. The second kappa shape index (κ2) is 19.1. The van der Waals surface area contributed by atoms with E-state index >= 15 is 0 Å². The first-order chi connectivity index (χ1) is 28.6. The summed E-state index contributed by atoms with van der Waals surface area (Å²) in [6.07, 6.45) is 5.75. The zero-order valence-corrected chi connectivity index (χ0v) is 35.9. The fraction of sp³-hybridized carbons (Fsp3) is 0.298. The predicted octanol–water partition coefficient (Wildman–Crippen LogP) is 9.91. The molecule has 0 spiro atoms. The Kier molecular flexibility index (Phi) is 13.9. The van der Waals surface area contributed by atoms with E-state index in [-0.39, 0.29) is 26.4 Å². The van der Waals surface area contributed by atoms with E-state index in [9.17, 15) is 14.9 Å². The molecule has 0 saturated carbocycles. The van der Waals surface area contributed by atoms with Crippen LogP contribution in [0.1, 0.15) is 79.7 Å². The van der Waals surface area contributed by atoms with Crippen LogP contribution in [0.4, 0.5) is 0 Å². The summed E-state index contributed by atoms with van der Waals surface area (Å²) in [6, 6.07) is 25.5. The number of hydrogen-bond acceptors (Lipinski definition) is 10. The quantitative estimate of drug-likeness (QED) is 0.0740. The third-order valence-electron chi connectivity index (χ3n) is 9.23. The number of nitriles is 1. The maximum atomic E-state index is 13.3. The molecule has 0 saturated heterocycles. The maximum absolute atomic E-state index is 13.3. The molecule has 1 N–H and O–H groups in total. The lowest BCUT2D eigenvalue weighted by Crippen LogP contribution is -2.45. The number of hydrogen-bond donors (Lipinski definition) is 1. The van der Waals surface area contributed by atoms with E-state index in [4.69, 9.17) is 47.2 Å². The first-order valence-corrected chi connectivity index (χ1v) is 20.1. The molecule has 0 unspecified atom stereocenters. The molecule has 310 valence electrons. The molecular weight excluding hydrogens is 801 g/mol. The fourth-order valence-corrected chi connectivity index (χ4v) is 6.81. The number of nitrogens with one attached hydrogen (secondary N) is 1. The maximum Gasteiger partial charge on any atom is 0.326 e. The molecule has 0 amide bonds. The van der Waals surface area contributed by atoms with Crippen LogP contribution in [0.5, 0.6) is 11.5 Å². The zero-order valence-electron chi connectivity index (χ0n) is 34.4. The first kappa shape index (κ1) is 43.8. The summed E-state index contributed by atoms with van der Waals surface area (Å²) in [7, 11) is 0. The topological polar surface area (TPSA) is 138 Å². The molecule has 1 atom stereocenters. The van der Waals surface area contributed by atoms with E-state index in [2.05, 4.69) is 16.4 Å². The predicted molar refractivity (Wildman–Crippen MR) is 232 cm³/mol. The number of esters is 1. The van der Waals surface area contributed by atoms with Crippen molar-refractivity contribution in [2.45, 2.75) is 85.1 Å². The van der Waals surface area contributed by atoms with Gasteiger partial charge in [0.05, 0.1) is 41.1 Å². The highest BCUT2D eigenvalue weighted by Gasteiger charge is 2.28. The highest BCUT2D eigenvalue weighted by Crippen LogP contribution is 2.39. The van der Waals surface area contributed by atoms with Crippen molar-refractivity contribution in [3.63, 3.8) is 0 Å². The lowest BCUT2D eigenvalue weighted by atomic mass is 10.0. The number of rotatable bonds is 16. The SMILES string of the molecule is CC(C)(C)OC[C@H](NCc1cc(Cl)c(Cn2ncc3c(-c4cccc(OCc5ccc(C=O)cc5)c4Cl)cccc32)cc1OCc1cncc(C#N)c1)C(=O)OC(C)(C)C. The normalized spacial score (nSPS) is 12.2. The van der Waals surface area contributed by atoms with Crippen LogP contribution in [-0.4, -0.2) is 50.9 Å². The molecule has 0 radical (unpaired) electrons. The summed E-state index contributed by atoms with van der Waals surface area (Å²) in [6.45, 7) is 12.2. The molecule has 0 aliphatic rings. The smallest absolute Gasteiger partial charge is 0.326 e. The van der Waals surface area contributed by atoms with Gasteiger partial charge >= 0.3 is 5.97 Å². The van der Waals surface area contributed by atoms with E-state index in [1.54, 1.807) is 30.6 Å². The minimum atomic E-state index is -0.779. The molecule has 2 heterocycles. The van der Waals surface area contributed by atoms with Crippen molar-refractivity contribution in [1.82, 2.24) is 20.1 Å². The Balaban J connectivity index is 1.28. The number of nitrogens with zero attached hydrogens (tertiary/aromatic N) is 4. The molecule has 6 rings (SSSR count). The lowest BCUT2D eigenvalue weighted by molar-refractivity contribution is -0.160. The van der Waals surface area contributed by atoms with Gasteiger partial charge in [0.25, 0.3) is 0 Å². The van der Waals surface area contributed by atoms with Crippen LogP contribution in [0.3, 0.4) is 0 Å². The van der Waals surface area contributed by atoms with Crippen LogP contribution in [0, 0.1) is 11.3 Å². The lowest BCUT2D eigenvalue weighted by Gasteiger charge is -2.27. The van der Waals surface area contributed by atoms with Gasteiger partial charge in [0.2, 0.25) is 0 Å². The number of fused-ring (bicyclic) bond motifs is 1. The molecule has 11 nitrogen and oxygen atoms in total. The summed E-state index contributed by atoms with van der Waals surface area (Å²) < 4.78 is 26.1. The van der Waals surface area contributed by atoms with Gasteiger partial charge in [0.15, 0.2) is 0 Å². The van der Waals surface area contributed by atoms with E-state index in [0.717, 1.165) is 39.4 Å². The van der Waals surface area contributed by atoms with Gasteiger partial charge in [-0.2, -0.15) is 10.4 Å². The highest BCUT2D eigenvalue weighted by atomic mass is 35.5. The minimum absolute atomic E-state index is 0.0851. The molecule has 0 aliphatic heterocycles. The molecule has 6 aromatic rings. The summed E-state index contributed by atoms with van der Waals surface area (Å²) in [4.78, 5) is 28.6. The van der Waals surface area contributed by atoms with Crippen molar-refractivity contribution in [2.75, 3.05) is 6.61 Å². The molecule has 60 heavy (non-hydrogen) atoms. The summed E-state index contributed by atoms with van der Waals surface area (Å²) in [5, 5.41) is 19.3. The molecule has 13 heteroatoms. The second-order valence-electron chi connectivity index (χ2n) is 16.2. The Hall–Kier alpha value is -5.77. The first-order valence-electron chi connectivity index (χ1n) is 19.4. The van der Waals surface area contributed by atoms with Crippen LogP contribution < -0.4 is 14.8 Å². The fourth-order valence-electron chi connectivity index (χ4n) is 6.28. The van der Waals surface area contributed by atoms with Crippen molar-refractivity contribution in [3.8, 4) is 28.7 Å². The number of pyridine rings is 1. The Morgan fingerprint density at radius 2 is 1.57 bits per heavy atom. The van der Waals surface area contributed by atoms with Crippen molar-refractivity contribution in [3.05, 3.63) is 141 Å². The van der Waals surface area contributed by atoms with Crippen LogP contribution >= 0.6 is 23.2 Å². The van der Waals surface area contributed by atoms with Gasteiger partial charge in [0.1, 0.15) is 48.7 Å². The molecule has 2 aromatic heterocycles. The van der Waals surface area contributed by atoms with Gasteiger partial charge in [-0.15, -0.1) is 0 Å². The van der Waals surface area contributed by atoms with Gasteiger partial charge in [-0.1, -0.05) is 71.7 Å². The number of halogens is 2. The van der Waals surface area contributed by atoms with Crippen molar-refractivity contribution >= 4 is 46.4 Å². The number of aromatic nitrogens is 3. The number of benzene rings is 4. The van der Waals surface area contributed by atoms with Crippen LogP contribution in [-0.2, 0) is 40.6 Å². The Morgan fingerprint density at radius 3 is 2.28 bits per heavy atom. The third-order valence-corrected chi connectivity index (χ3v) is 9.97. The standard InChI is InChI=1S/C47H47Cl2N5O6/c1-46(2,3)59-29-40(45(56)60-47(4,5)6)52-23-34-18-39(48)35(19-43(34)58-28-33-17-32(20-50)21-51-22-33)25-54-41-11-7-9-36(38(41)24-53-54)37-10-8-12-42(44(37)49)57-27-31-15-13-30(26-55)14-16-31/h7-19,21-22,24,26,40,52H,23,25,27-29H2,1-6H3/t40-/m0/s1. The van der Waals surface area contributed by atoms with Crippen molar-refractivity contribution in [1.29, 1.82) is 5.26 Å². The Bertz CT molecular complexity index is 2520. The van der Waals surface area contributed by atoms with Crippen LogP contribution in [0.2, 0.25) is 10.0 Å². The van der Waals surface area contributed by atoms with Crippen LogP contribution in [0.15, 0.2) is 97.5 Å². The number of aldehydes is 1. The van der Waals surface area contributed by atoms with Crippen molar-refractivity contribution in [2.24, 2.45) is 0 Å². The van der Waals surface area contributed by atoms with E-state index in [1.807, 2.05) is 107 Å². The summed E-state index contributed by atoms with van der Waals surface area (Å²) in [5.41, 5.74) is 5.40. The molecule has 4 aromatic carbocycles. The number of carbonyl (C=O) groups excluding carboxylic acids is 2. The van der Waals surface area contributed by atoms with Gasteiger partial charge in [0, 0.05) is 51.6 Å². The Morgan fingerprint density at radius 1 is 0.850 bits per heavy atom. The number of carbonyl (C=O) groups is 2. The van der Waals surface area contributed by atoms with Crippen LogP contribution in [0.25, 0.3) is 22.0 Å². The molecule has 0 fully saturated rings. The summed E-state index contributed by atoms with van der Waals surface area (Å²) >= 11 is 14.0. The third kappa shape index (κ3) is 11.5. The van der Waals surface area contributed by atoms with Crippen molar-refractivity contribution < 1.29 is 28.5 Å². The van der Waals surface area contributed by atoms with E-state index in [1.165, 1.54) is 6.20 Å². The average molecular weight is 849 g/mol. The average Bonchev–Trinajstić information content (AvgIpc) is 3.62. The zero-order chi connectivity index (χ0) is 43.0. The van der Waals surface area contributed by atoms with Gasteiger partial charge < -0.3 is 18.9 Å². The minimum Gasteiger partial charge on any atom is -0.489 e. The van der Waals surface area contributed by atoms with Gasteiger partial charge in [-0.05, 0) is 88.6 Å². The molecule has 0 aliphatic carbocycles. The van der Waals surface area contributed by atoms with E-state index in [0.29, 0.717) is 50.3 Å². The largest absolute Gasteiger partial charge is 0.489 e. The monoisotopic (exact) mass is 847 g/mol. The molecule has 0 bridgehead atoms. The Labute approximate surface area is 360 Å². The molecular formula is C47H47Cl2N5O6. The van der Waals surface area contributed by atoms with Gasteiger partial charge in [-0.3, -0.25) is 24.6 Å². The second-order valence-corrected chi connectivity index (χ2v) is 17.0. The highest BCUT2D eigenvalue weighted by molar-refractivity contribution is 6.35. The number of ether oxygens (including phenoxy) is 4. The van der Waals surface area contributed by atoms with E-state index < -0.39 is 23.2 Å².